The summed E-state index contributed by atoms with van der Waals surface area (Å²) in [5.41, 5.74) is 0.595. The molecule has 2 aromatic heterocycles. The van der Waals surface area contributed by atoms with E-state index in [1.54, 1.807) is 17.4 Å². The molecule has 1 aliphatic rings. The lowest BCUT2D eigenvalue weighted by Gasteiger charge is -2.20. The highest BCUT2D eigenvalue weighted by molar-refractivity contribution is 7.09. The smallest absolute Gasteiger partial charge is 0.246 e. The van der Waals surface area contributed by atoms with Gasteiger partial charge in [0.2, 0.25) is 5.91 Å². The van der Waals surface area contributed by atoms with Crippen molar-refractivity contribution in [2.24, 2.45) is 0 Å². The Hall–Kier alpha value is -2.05. The topological polar surface area (TPSA) is 36.4 Å². The highest BCUT2D eigenvalue weighted by atomic mass is 32.1. The molecule has 1 aliphatic heterocycles. The van der Waals surface area contributed by atoms with Crippen LogP contribution in [0.1, 0.15) is 16.9 Å². The Morgan fingerprint density at radius 3 is 3.00 bits per heavy atom. The standard InChI is InChI=1S/C18H20FN3OS/c19-16-11-15(12-20-13-16)4-5-18(23)22-7-2-6-21(8-9-22)14-17-3-1-10-24-17/h1,3-5,10-13H,2,6-9,14H2. The molecule has 1 fully saturated rings. The molecular formula is C18H20FN3OS. The quantitative estimate of drug-likeness (QED) is 0.799. The number of pyridine rings is 1. The molecule has 0 aliphatic carbocycles. The van der Waals surface area contributed by atoms with Gasteiger partial charge in [-0.25, -0.2) is 4.39 Å². The number of nitrogens with zero attached hydrogens (tertiary/aromatic N) is 3. The molecule has 4 nitrogen and oxygen atoms in total. The third-order valence-electron chi connectivity index (χ3n) is 4.00. The number of aromatic nitrogens is 1. The van der Waals surface area contributed by atoms with Crippen molar-refractivity contribution < 1.29 is 9.18 Å². The molecule has 0 spiro atoms. The van der Waals surface area contributed by atoms with Gasteiger partial charge in [0.1, 0.15) is 5.82 Å². The number of hydrogen-bond donors (Lipinski definition) is 0. The van der Waals surface area contributed by atoms with E-state index in [4.69, 9.17) is 0 Å². The highest BCUT2D eigenvalue weighted by Crippen LogP contribution is 2.14. The molecule has 2 aromatic rings. The molecule has 0 unspecified atom stereocenters. The van der Waals surface area contributed by atoms with Gasteiger partial charge in [-0.3, -0.25) is 14.7 Å². The summed E-state index contributed by atoms with van der Waals surface area (Å²) < 4.78 is 13.1. The van der Waals surface area contributed by atoms with Crippen LogP contribution in [0.25, 0.3) is 6.08 Å². The Bertz CT molecular complexity index is 702. The summed E-state index contributed by atoms with van der Waals surface area (Å²) in [6.45, 7) is 4.30. The summed E-state index contributed by atoms with van der Waals surface area (Å²) >= 11 is 1.77. The lowest BCUT2D eigenvalue weighted by molar-refractivity contribution is -0.125. The normalized spacial score (nSPS) is 16.5. The van der Waals surface area contributed by atoms with E-state index in [-0.39, 0.29) is 5.91 Å². The van der Waals surface area contributed by atoms with Gasteiger partial charge in [-0.05, 0) is 35.6 Å². The Morgan fingerprint density at radius 2 is 2.21 bits per heavy atom. The summed E-state index contributed by atoms with van der Waals surface area (Å²) in [7, 11) is 0. The van der Waals surface area contributed by atoms with Gasteiger partial charge in [0.05, 0.1) is 6.20 Å². The van der Waals surface area contributed by atoms with Crippen molar-refractivity contribution >= 4 is 23.3 Å². The monoisotopic (exact) mass is 345 g/mol. The highest BCUT2D eigenvalue weighted by Gasteiger charge is 2.17. The SMILES string of the molecule is O=C(C=Cc1cncc(F)c1)N1CCCN(Cc2cccs2)CC1. The van der Waals surface area contributed by atoms with E-state index >= 15 is 0 Å². The first-order valence-corrected chi connectivity index (χ1v) is 8.91. The van der Waals surface area contributed by atoms with Crippen LogP contribution >= 0.6 is 11.3 Å². The zero-order valence-electron chi connectivity index (χ0n) is 13.4. The van der Waals surface area contributed by atoms with E-state index in [1.807, 2.05) is 4.90 Å². The maximum Gasteiger partial charge on any atom is 0.246 e. The summed E-state index contributed by atoms with van der Waals surface area (Å²) in [6.07, 6.45) is 6.78. The molecular weight excluding hydrogens is 325 g/mol. The number of rotatable bonds is 4. The zero-order chi connectivity index (χ0) is 16.8. The molecule has 0 atom stereocenters. The molecule has 1 saturated heterocycles. The molecule has 3 rings (SSSR count). The third-order valence-corrected chi connectivity index (χ3v) is 4.87. The third kappa shape index (κ3) is 4.72. The molecule has 0 aromatic carbocycles. The summed E-state index contributed by atoms with van der Waals surface area (Å²) in [5.74, 6) is -0.430. The van der Waals surface area contributed by atoms with Crippen LogP contribution in [0.15, 0.2) is 42.0 Å². The van der Waals surface area contributed by atoms with Gasteiger partial charge in [0.25, 0.3) is 0 Å². The molecule has 0 saturated carbocycles. The van der Waals surface area contributed by atoms with E-state index in [9.17, 15) is 9.18 Å². The maximum atomic E-state index is 13.1. The molecule has 0 radical (unpaired) electrons. The van der Waals surface area contributed by atoms with E-state index in [0.717, 1.165) is 45.3 Å². The van der Waals surface area contributed by atoms with Crippen LogP contribution in [0.5, 0.6) is 0 Å². The minimum atomic E-state index is -0.399. The fourth-order valence-electron chi connectivity index (χ4n) is 2.76. The van der Waals surface area contributed by atoms with E-state index in [2.05, 4.69) is 27.4 Å². The van der Waals surface area contributed by atoms with Gasteiger partial charge in [-0.1, -0.05) is 6.07 Å². The molecule has 3 heterocycles. The van der Waals surface area contributed by atoms with Crippen molar-refractivity contribution in [2.75, 3.05) is 26.2 Å². The number of amides is 1. The van der Waals surface area contributed by atoms with Crippen LogP contribution in [-0.4, -0.2) is 46.9 Å². The molecule has 126 valence electrons. The Kier molecular flexibility index (Phi) is 5.72. The van der Waals surface area contributed by atoms with Crippen LogP contribution in [0.2, 0.25) is 0 Å². The lowest BCUT2D eigenvalue weighted by atomic mass is 10.2. The van der Waals surface area contributed by atoms with Gasteiger partial charge < -0.3 is 4.90 Å². The Morgan fingerprint density at radius 1 is 1.29 bits per heavy atom. The van der Waals surface area contributed by atoms with Crippen molar-refractivity contribution in [1.29, 1.82) is 0 Å². The van der Waals surface area contributed by atoms with Crippen molar-refractivity contribution in [1.82, 2.24) is 14.8 Å². The number of thiophene rings is 1. The lowest BCUT2D eigenvalue weighted by Crippen LogP contribution is -2.33. The summed E-state index contributed by atoms with van der Waals surface area (Å²) in [4.78, 5) is 21.7. The predicted molar refractivity (Wildman–Crippen MR) is 94.0 cm³/mol. The van der Waals surface area contributed by atoms with Crippen molar-refractivity contribution in [3.63, 3.8) is 0 Å². The number of halogens is 1. The van der Waals surface area contributed by atoms with Crippen LogP contribution < -0.4 is 0 Å². The number of carbonyl (C=O) groups is 1. The molecule has 6 heteroatoms. The fourth-order valence-corrected chi connectivity index (χ4v) is 3.51. The minimum absolute atomic E-state index is 0.0303. The summed E-state index contributed by atoms with van der Waals surface area (Å²) in [6, 6.07) is 5.58. The Balaban J connectivity index is 1.54. The van der Waals surface area contributed by atoms with Crippen molar-refractivity contribution in [2.45, 2.75) is 13.0 Å². The maximum absolute atomic E-state index is 13.1. The first-order chi connectivity index (χ1) is 11.7. The molecule has 0 N–H and O–H groups in total. The van der Waals surface area contributed by atoms with Gasteiger partial charge in [-0.15, -0.1) is 11.3 Å². The van der Waals surface area contributed by atoms with E-state index in [0.29, 0.717) is 5.56 Å². The Labute approximate surface area is 145 Å². The largest absolute Gasteiger partial charge is 0.338 e. The van der Waals surface area contributed by atoms with Crippen LogP contribution in [0, 0.1) is 5.82 Å². The second kappa shape index (κ2) is 8.17. The average molecular weight is 345 g/mol. The van der Waals surface area contributed by atoms with E-state index < -0.39 is 5.82 Å². The van der Waals surface area contributed by atoms with Gasteiger partial charge in [0.15, 0.2) is 0 Å². The number of hydrogen-bond acceptors (Lipinski definition) is 4. The molecule has 0 bridgehead atoms. The first-order valence-electron chi connectivity index (χ1n) is 8.03. The molecule has 1 amide bonds. The second-order valence-corrected chi connectivity index (χ2v) is 6.84. The van der Waals surface area contributed by atoms with Crippen LogP contribution in [0.3, 0.4) is 0 Å². The predicted octanol–water partition coefficient (Wildman–Crippen LogP) is 3.03. The van der Waals surface area contributed by atoms with Gasteiger partial charge in [-0.2, -0.15) is 0 Å². The number of carbonyl (C=O) groups excluding carboxylic acids is 1. The van der Waals surface area contributed by atoms with E-state index in [1.165, 1.54) is 23.2 Å². The van der Waals surface area contributed by atoms with Crippen LogP contribution in [-0.2, 0) is 11.3 Å². The summed E-state index contributed by atoms with van der Waals surface area (Å²) in [5, 5.41) is 2.09. The van der Waals surface area contributed by atoms with Gasteiger partial charge >= 0.3 is 0 Å². The van der Waals surface area contributed by atoms with Crippen molar-refractivity contribution in [3.8, 4) is 0 Å². The average Bonchev–Trinajstić information content (AvgIpc) is 2.97. The first kappa shape index (κ1) is 16.8. The second-order valence-electron chi connectivity index (χ2n) is 5.80. The fraction of sp³-hybridized carbons (Fsp3) is 0.333. The minimum Gasteiger partial charge on any atom is -0.338 e. The van der Waals surface area contributed by atoms with Gasteiger partial charge in [0, 0.05) is 49.9 Å². The zero-order valence-corrected chi connectivity index (χ0v) is 14.2. The van der Waals surface area contributed by atoms with Crippen LogP contribution in [0.4, 0.5) is 4.39 Å². The molecule has 24 heavy (non-hydrogen) atoms. The van der Waals surface area contributed by atoms with Crippen molar-refractivity contribution in [3.05, 3.63) is 58.3 Å².